The van der Waals surface area contributed by atoms with Crippen LogP contribution in [0.3, 0.4) is 0 Å². The Kier molecular flexibility index (Phi) is 2.11. The molecule has 0 radical (unpaired) electrons. The van der Waals surface area contributed by atoms with Crippen molar-refractivity contribution >= 4 is 22.7 Å². The van der Waals surface area contributed by atoms with Crippen LogP contribution in [0.15, 0.2) is 10.6 Å². The summed E-state index contributed by atoms with van der Waals surface area (Å²) in [6, 6.07) is 0.758. The Balaban J connectivity index is 2.87. The average molecular weight is 237 g/mol. The lowest BCUT2D eigenvalue weighted by molar-refractivity contribution is -0.136. The minimum absolute atomic E-state index is 0.140. The minimum Gasteiger partial charge on any atom is -0.335 e. The molecule has 0 spiro atoms. The first-order valence-corrected chi connectivity index (χ1v) is 4.27. The number of nitrogens with zero attached hydrogens (tertiary/aromatic N) is 2. The van der Waals surface area contributed by atoms with Crippen LogP contribution in [0, 0.1) is 6.92 Å². The summed E-state index contributed by atoms with van der Waals surface area (Å²) < 4.78 is 42.4. The number of aryl methyl sites for hydroxylation is 1. The average Bonchev–Trinajstić information content (AvgIpc) is 2.44. The largest absolute Gasteiger partial charge is 0.417 e. The number of alkyl halides is 3. The first-order valence-electron chi connectivity index (χ1n) is 3.89. The quantitative estimate of drug-likeness (QED) is 0.660. The summed E-state index contributed by atoms with van der Waals surface area (Å²) in [5, 5.41) is 3.00. The van der Waals surface area contributed by atoms with Gasteiger partial charge >= 0.3 is 6.18 Å². The second-order valence-corrected chi connectivity index (χ2v) is 3.33. The highest BCUT2D eigenvalue weighted by Gasteiger charge is 2.35. The van der Waals surface area contributed by atoms with Gasteiger partial charge in [-0.1, -0.05) is 16.8 Å². The Hall–Kier alpha value is -1.30. The molecule has 15 heavy (non-hydrogen) atoms. The molecular formula is C8H4ClF3N2O. The van der Waals surface area contributed by atoms with Crippen molar-refractivity contribution in [1.82, 2.24) is 10.1 Å². The maximum absolute atomic E-state index is 12.6. The molecule has 2 rings (SSSR count). The molecule has 0 N–H and O–H groups in total. The fraction of sp³-hybridized carbons (Fsp3) is 0.250. The van der Waals surface area contributed by atoms with E-state index in [1.54, 1.807) is 0 Å². The van der Waals surface area contributed by atoms with Crippen molar-refractivity contribution in [3.8, 4) is 0 Å². The van der Waals surface area contributed by atoms with Crippen molar-refractivity contribution in [2.75, 3.05) is 0 Å². The highest BCUT2D eigenvalue weighted by Crippen LogP contribution is 2.36. The van der Waals surface area contributed by atoms with Gasteiger partial charge in [0.1, 0.15) is 5.15 Å². The van der Waals surface area contributed by atoms with Crippen molar-refractivity contribution in [3.63, 3.8) is 0 Å². The predicted molar refractivity (Wildman–Crippen MR) is 46.6 cm³/mol. The lowest BCUT2D eigenvalue weighted by Crippen LogP contribution is -2.06. The highest BCUT2D eigenvalue weighted by molar-refractivity contribution is 6.29. The van der Waals surface area contributed by atoms with Crippen LogP contribution in [0.4, 0.5) is 13.2 Å². The molecule has 0 bridgehead atoms. The zero-order valence-corrected chi connectivity index (χ0v) is 8.15. The molecular weight excluding hydrogens is 233 g/mol. The molecule has 0 saturated carbocycles. The van der Waals surface area contributed by atoms with Crippen molar-refractivity contribution in [3.05, 3.63) is 22.5 Å². The number of hydrogen-bond donors (Lipinski definition) is 0. The highest BCUT2D eigenvalue weighted by atomic mass is 35.5. The first-order chi connectivity index (χ1) is 6.89. The van der Waals surface area contributed by atoms with Crippen LogP contribution < -0.4 is 0 Å². The summed E-state index contributed by atoms with van der Waals surface area (Å²) in [6.45, 7) is 1.41. The third-order valence-corrected chi connectivity index (χ3v) is 2.08. The molecule has 7 heteroatoms. The van der Waals surface area contributed by atoms with E-state index in [4.69, 9.17) is 11.6 Å². The third-order valence-electron chi connectivity index (χ3n) is 1.89. The van der Waals surface area contributed by atoms with Gasteiger partial charge in [-0.05, 0) is 13.0 Å². The van der Waals surface area contributed by atoms with Gasteiger partial charge in [0.15, 0.2) is 0 Å². The number of aromatic nitrogens is 2. The SMILES string of the molecule is Cc1noc2nc(Cl)cc(C(F)(F)F)c12. The van der Waals surface area contributed by atoms with Crippen molar-refractivity contribution in [2.45, 2.75) is 13.1 Å². The monoisotopic (exact) mass is 236 g/mol. The van der Waals surface area contributed by atoms with Gasteiger partial charge in [0, 0.05) is 0 Å². The number of rotatable bonds is 0. The molecule has 2 heterocycles. The molecule has 0 aliphatic heterocycles. The number of pyridine rings is 1. The van der Waals surface area contributed by atoms with Gasteiger partial charge in [0.25, 0.3) is 5.71 Å². The van der Waals surface area contributed by atoms with Gasteiger partial charge in [0.2, 0.25) is 0 Å². The molecule has 2 aromatic heterocycles. The smallest absolute Gasteiger partial charge is 0.335 e. The van der Waals surface area contributed by atoms with Gasteiger partial charge < -0.3 is 4.52 Å². The van der Waals surface area contributed by atoms with Crippen LogP contribution in [-0.2, 0) is 6.18 Å². The second-order valence-electron chi connectivity index (χ2n) is 2.94. The van der Waals surface area contributed by atoms with Crippen LogP contribution >= 0.6 is 11.6 Å². The van der Waals surface area contributed by atoms with Crippen LogP contribution in [0.5, 0.6) is 0 Å². The van der Waals surface area contributed by atoms with Gasteiger partial charge in [-0.15, -0.1) is 0 Å². The van der Waals surface area contributed by atoms with Crippen LogP contribution in [0.1, 0.15) is 11.3 Å². The van der Waals surface area contributed by atoms with Crippen LogP contribution in [0.2, 0.25) is 5.15 Å². The Bertz CT molecular complexity index is 520. The molecule has 3 nitrogen and oxygen atoms in total. The van der Waals surface area contributed by atoms with Crippen LogP contribution in [0.25, 0.3) is 11.1 Å². The molecule has 80 valence electrons. The molecule has 0 atom stereocenters. The molecule has 0 aliphatic rings. The van der Waals surface area contributed by atoms with Crippen LogP contribution in [-0.4, -0.2) is 10.1 Å². The van der Waals surface area contributed by atoms with Gasteiger partial charge in [-0.25, -0.2) is 0 Å². The molecule has 0 unspecified atom stereocenters. The minimum atomic E-state index is -4.50. The van der Waals surface area contributed by atoms with E-state index < -0.39 is 11.7 Å². The molecule has 0 saturated heterocycles. The summed E-state index contributed by atoms with van der Waals surface area (Å²) in [7, 11) is 0. The fourth-order valence-electron chi connectivity index (χ4n) is 1.29. The van der Waals surface area contributed by atoms with E-state index in [0.717, 1.165) is 6.07 Å². The number of hydrogen-bond acceptors (Lipinski definition) is 3. The molecule has 0 aliphatic carbocycles. The predicted octanol–water partition coefficient (Wildman–Crippen LogP) is 3.20. The van der Waals surface area contributed by atoms with E-state index in [2.05, 4.69) is 14.7 Å². The summed E-state index contributed by atoms with van der Waals surface area (Å²) in [6.07, 6.45) is -4.50. The summed E-state index contributed by atoms with van der Waals surface area (Å²) >= 11 is 5.44. The summed E-state index contributed by atoms with van der Waals surface area (Å²) in [4.78, 5) is 3.61. The van der Waals surface area contributed by atoms with Gasteiger partial charge in [0.05, 0.1) is 16.6 Å². The van der Waals surface area contributed by atoms with E-state index in [1.165, 1.54) is 6.92 Å². The first kappa shape index (κ1) is 10.2. The Morgan fingerprint density at radius 2 is 2.07 bits per heavy atom. The molecule has 0 fully saturated rings. The van der Waals surface area contributed by atoms with Crippen molar-refractivity contribution in [2.24, 2.45) is 0 Å². The van der Waals surface area contributed by atoms with Gasteiger partial charge in [-0.3, -0.25) is 0 Å². The topological polar surface area (TPSA) is 38.9 Å². The van der Waals surface area contributed by atoms with E-state index in [9.17, 15) is 13.2 Å². The maximum atomic E-state index is 12.6. The molecule has 0 amide bonds. The lowest BCUT2D eigenvalue weighted by atomic mass is 10.1. The van der Waals surface area contributed by atoms with E-state index in [0.29, 0.717) is 0 Å². The fourth-order valence-corrected chi connectivity index (χ4v) is 1.47. The Morgan fingerprint density at radius 3 is 2.67 bits per heavy atom. The normalized spacial score (nSPS) is 12.3. The summed E-state index contributed by atoms with van der Waals surface area (Å²) in [5.41, 5.74) is -0.940. The van der Waals surface area contributed by atoms with E-state index in [-0.39, 0.29) is 21.9 Å². The standard InChI is InChI=1S/C8H4ClF3N2O/c1-3-6-4(8(10,11)12)2-5(9)13-7(6)15-14-3/h2H,1H3. The molecule has 2 aromatic rings. The second kappa shape index (κ2) is 3.10. The zero-order valence-electron chi connectivity index (χ0n) is 7.39. The number of halogens is 4. The Morgan fingerprint density at radius 1 is 1.40 bits per heavy atom. The van der Waals surface area contributed by atoms with Crippen molar-refractivity contribution < 1.29 is 17.7 Å². The van der Waals surface area contributed by atoms with Crippen molar-refractivity contribution in [1.29, 1.82) is 0 Å². The maximum Gasteiger partial charge on any atom is 0.417 e. The Labute approximate surface area is 86.8 Å². The third kappa shape index (κ3) is 1.65. The molecule has 0 aromatic carbocycles. The van der Waals surface area contributed by atoms with E-state index >= 15 is 0 Å². The zero-order chi connectivity index (χ0) is 11.2. The summed E-state index contributed by atoms with van der Waals surface area (Å²) in [5.74, 6) is 0. The lowest BCUT2D eigenvalue weighted by Gasteiger charge is -2.07. The number of fused-ring (bicyclic) bond motifs is 1. The van der Waals surface area contributed by atoms with Gasteiger partial charge in [-0.2, -0.15) is 18.2 Å². The van der Waals surface area contributed by atoms with E-state index in [1.807, 2.05) is 0 Å².